The lowest BCUT2D eigenvalue weighted by Crippen LogP contribution is -2.49. The second-order valence-electron chi connectivity index (χ2n) is 4.26. The van der Waals surface area contributed by atoms with Gasteiger partial charge in [-0.25, -0.2) is 0 Å². The Hall–Kier alpha value is -0.960. The highest BCUT2D eigenvalue weighted by Gasteiger charge is 2.25. The van der Waals surface area contributed by atoms with Gasteiger partial charge in [-0.15, -0.1) is 0 Å². The smallest absolute Gasteiger partial charge is 0.279 e. The van der Waals surface area contributed by atoms with Gasteiger partial charge in [-0.2, -0.15) is 22.5 Å². The third-order valence-corrected chi connectivity index (χ3v) is 4.43. The predicted molar refractivity (Wildman–Crippen MR) is 66.1 cm³/mol. The van der Waals surface area contributed by atoms with E-state index in [-0.39, 0.29) is 6.04 Å². The van der Waals surface area contributed by atoms with Crippen LogP contribution in [0.3, 0.4) is 0 Å². The molecule has 8 heteroatoms. The van der Waals surface area contributed by atoms with E-state index in [0.717, 1.165) is 0 Å². The van der Waals surface area contributed by atoms with E-state index in [1.165, 1.54) is 4.31 Å². The summed E-state index contributed by atoms with van der Waals surface area (Å²) in [4.78, 5) is 0. The molecule has 1 aliphatic rings. The Labute approximate surface area is 107 Å². The third kappa shape index (κ3) is 3.52. The van der Waals surface area contributed by atoms with Gasteiger partial charge in [0.1, 0.15) is 0 Å². The SMILES string of the molecule is C[C@H](Cn1cccn1)NS(=O)(=O)N1CCOCC1. The van der Waals surface area contributed by atoms with Gasteiger partial charge in [-0.3, -0.25) is 4.68 Å². The van der Waals surface area contributed by atoms with Gasteiger partial charge in [0.25, 0.3) is 10.2 Å². The summed E-state index contributed by atoms with van der Waals surface area (Å²) in [6.45, 7) is 4.05. The van der Waals surface area contributed by atoms with Crippen molar-refractivity contribution in [3.8, 4) is 0 Å². The highest BCUT2D eigenvalue weighted by atomic mass is 32.2. The lowest BCUT2D eigenvalue weighted by Gasteiger charge is -2.27. The summed E-state index contributed by atoms with van der Waals surface area (Å²) >= 11 is 0. The summed E-state index contributed by atoms with van der Waals surface area (Å²) in [5, 5.41) is 4.05. The van der Waals surface area contributed by atoms with Crippen LogP contribution in [0, 0.1) is 0 Å². The van der Waals surface area contributed by atoms with Crippen LogP contribution in [0.15, 0.2) is 18.5 Å². The number of hydrogen-bond donors (Lipinski definition) is 1. The zero-order valence-corrected chi connectivity index (χ0v) is 11.1. The highest BCUT2D eigenvalue weighted by molar-refractivity contribution is 7.87. The molecular weight excluding hydrogens is 256 g/mol. The van der Waals surface area contributed by atoms with Crippen LogP contribution in [0.1, 0.15) is 6.92 Å². The van der Waals surface area contributed by atoms with Crippen LogP contribution in [-0.4, -0.2) is 54.8 Å². The number of nitrogens with one attached hydrogen (secondary N) is 1. The molecule has 2 heterocycles. The molecule has 1 N–H and O–H groups in total. The molecule has 18 heavy (non-hydrogen) atoms. The molecule has 2 rings (SSSR count). The molecule has 0 unspecified atom stereocenters. The summed E-state index contributed by atoms with van der Waals surface area (Å²) in [5.41, 5.74) is 0. The minimum atomic E-state index is -3.42. The van der Waals surface area contributed by atoms with E-state index < -0.39 is 10.2 Å². The zero-order chi connectivity index (χ0) is 13.0. The largest absolute Gasteiger partial charge is 0.379 e. The fourth-order valence-corrected chi connectivity index (χ4v) is 3.20. The first-order valence-electron chi connectivity index (χ1n) is 5.90. The number of nitrogens with zero attached hydrogens (tertiary/aromatic N) is 3. The van der Waals surface area contributed by atoms with Crippen molar-refractivity contribution in [1.82, 2.24) is 18.8 Å². The van der Waals surface area contributed by atoms with E-state index in [1.54, 1.807) is 17.1 Å². The first-order valence-corrected chi connectivity index (χ1v) is 7.34. The summed E-state index contributed by atoms with van der Waals surface area (Å²) < 4.78 is 35.0. The van der Waals surface area contributed by atoms with Crippen molar-refractivity contribution in [3.63, 3.8) is 0 Å². The van der Waals surface area contributed by atoms with Gasteiger partial charge in [0, 0.05) is 31.5 Å². The van der Waals surface area contributed by atoms with E-state index in [9.17, 15) is 8.42 Å². The highest BCUT2D eigenvalue weighted by Crippen LogP contribution is 2.04. The number of morpholine rings is 1. The van der Waals surface area contributed by atoms with Gasteiger partial charge in [-0.05, 0) is 13.0 Å². The standard InChI is InChI=1S/C10H18N4O3S/c1-10(9-13-4-2-3-11-13)12-18(15,16)14-5-7-17-8-6-14/h2-4,10,12H,5-9H2,1H3/t10-/m1/s1. The van der Waals surface area contributed by atoms with Crippen molar-refractivity contribution in [2.24, 2.45) is 0 Å². The van der Waals surface area contributed by atoms with Crippen molar-refractivity contribution < 1.29 is 13.2 Å². The van der Waals surface area contributed by atoms with Gasteiger partial charge in [0.15, 0.2) is 0 Å². The average molecular weight is 274 g/mol. The molecular formula is C10H18N4O3S. The molecule has 7 nitrogen and oxygen atoms in total. The molecule has 1 fully saturated rings. The second-order valence-corrected chi connectivity index (χ2v) is 5.97. The van der Waals surface area contributed by atoms with Gasteiger partial charge in [0.2, 0.25) is 0 Å². The molecule has 0 aromatic carbocycles. The summed E-state index contributed by atoms with van der Waals surface area (Å²) in [6.07, 6.45) is 3.47. The van der Waals surface area contributed by atoms with Crippen LogP contribution in [0.2, 0.25) is 0 Å². The van der Waals surface area contributed by atoms with Crippen molar-refractivity contribution >= 4 is 10.2 Å². The minimum Gasteiger partial charge on any atom is -0.379 e. The zero-order valence-electron chi connectivity index (χ0n) is 10.3. The van der Waals surface area contributed by atoms with E-state index in [0.29, 0.717) is 32.8 Å². The lowest BCUT2D eigenvalue weighted by molar-refractivity contribution is 0.0723. The van der Waals surface area contributed by atoms with Gasteiger partial charge >= 0.3 is 0 Å². The molecule has 102 valence electrons. The molecule has 0 amide bonds. The van der Waals surface area contributed by atoms with E-state index in [1.807, 2.05) is 13.0 Å². The van der Waals surface area contributed by atoms with Crippen LogP contribution >= 0.6 is 0 Å². The Balaban J connectivity index is 1.90. The minimum absolute atomic E-state index is 0.210. The third-order valence-electron chi connectivity index (χ3n) is 2.68. The second kappa shape index (κ2) is 5.79. The van der Waals surface area contributed by atoms with Crippen LogP contribution in [0.5, 0.6) is 0 Å². The maximum absolute atomic E-state index is 12.1. The predicted octanol–water partition coefficient (Wildman–Crippen LogP) is -0.562. The molecule has 1 aliphatic heterocycles. The number of hydrogen-bond acceptors (Lipinski definition) is 4. The van der Waals surface area contributed by atoms with Crippen LogP contribution in [0.4, 0.5) is 0 Å². The van der Waals surface area contributed by atoms with E-state index >= 15 is 0 Å². The lowest BCUT2D eigenvalue weighted by atomic mass is 10.4. The van der Waals surface area contributed by atoms with Gasteiger partial charge in [0.05, 0.1) is 19.8 Å². The fourth-order valence-electron chi connectivity index (χ4n) is 1.84. The van der Waals surface area contributed by atoms with Crippen molar-refractivity contribution in [2.75, 3.05) is 26.3 Å². The fraction of sp³-hybridized carbons (Fsp3) is 0.700. The topological polar surface area (TPSA) is 76.5 Å². The van der Waals surface area contributed by atoms with Crippen molar-refractivity contribution in [1.29, 1.82) is 0 Å². The summed E-state index contributed by atoms with van der Waals surface area (Å²) in [7, 11) is -3.42. The number of rotatable bonds is 5. The molecule has 0 aliphatic carbocycles. The normalized spacial score (nSPS) is 19.8. The Bertz CT molecular complexity index is 453. The number of ether oxygens (including phenoxy) is 1. The average Bonchev–Trinajstić information content (AvgIpc) is 2.82. The molecule has 0 saturated carbocycles. The van der Waals surface area contributed by atoms with E-state index in [4.69, 9.17) is 4.74 Å². The van der Waals surface area contributed by atoms with E-state index in [2.05, 4.69) is 9.82 Å². The van der Waals surface area contributed by atoms with Crippen LogP contribution in [-0.2, 0) is 21.5 Å². The summed E-state index contributed by atoms with van der Waals surface area (Å²) in [6, 6.07) is 1.60. The molecule has 1 aromatic heterocycles. The maximum Gasteiger partial charge on any atom is 0.279 e. The number of aromatic nitrogens is 2. The van der Waals surface area contributed by atoms with Gasteiger partial charge < -0.3 is 4.74 Å². The van der Waals surface area contributed by atoms with Gasteiger partial charge in [-0.1, -0.05) is 0 Å². The Morgan fingerprint density at radius 1 is 1.44 bits per heavy atom. The molecule has 1 saturated heterocycles. The Morgan fingerprint density at radius 2 is 2.17 bits per heavy atom. The first kappa shape index (κ1) is 13.5. The van der Waals surface area contributed by atoms with Crippen LogP contribution in [0.25, 0.3) is 0 Å². The quantitative estimate of drug-likeness (QED) is 0.781. The summed E-state index contributed by atoms with van der Waals surface area (Å²) in [5.74, 6) is 0. The monoisotopic (exact) mass is 274 g/mol. The molecule has 1 atom stereocenters. The maximum atomic E-state index is 12.1. The van der Waals surface area contributed by atoms with Crippen molar-refractivity contribution in [3.05, 3.63) is 18.5 Å². The Morgan fingerprint density at radius 3 is 2.78 bits per heavy atom. The van der Waals surface area contributed by atoms with Crippen LogP contribution < -0.4 is 4.72 Å². The molecule has 0 bridgehead atoms. The molecule has 0 radical (unpaired) electrons. The molecule has 1 aromatic rings. The first-order chi connectivity index (χ1) is 8.58. The molecule has 0 spiro atoms. The Kier molecular flexibility index (Phi) is 4.33. The van der Waals surface area contributed by atoms with Crippen molar-refractivity contribution in [2.45, 2.75) is 19.5 Å².